The van der Waals surface area contributed by atoms with Gasteiger partial charge in [-0.3, -0.25) is 4.79 Å². The molecular formula is C11H19NO2. The van der Waals surface area contributed by atoms with Gasteiger partial charge in [0.1, 0.15) is 0 Å². The second-order valence-corrected chi connectivity index (χ2v) is 4.55. The van der Waals surface area contributed by atoms with E-state index in [1.54, 1.807) is 0 Å². The second kappa shape index (κ2) is 4.30. The van der Waals surface area contributed by atoms with Gasteiger partial charge in [-0.1, -0.05) is 6.42 Å². The number of carbonyl (C=O) groups is 1. The van der Waals surface area contributed by atoms with E-state index in [1.807, 2.05) is 4.90 Å². The molecule has 2 aliphatic rings. The van der Waals surface area contributed by atoms with E-state index >= 15 is 0 Å². The van der Waals surface area contributed by atoms with Gasteiger partial charge in [-0.2, -0.15) is 0 Å². The molecule has 1 saturated heterocycles. The van der Waals surface area contributed by atoms with E-state index in [-0.39, 0.29) is 12.0 Å². The average Bonchev–Trinajstić information content (AvgIpc) is 2.69. The maximum absolute atomic E-state index is 12.0. The smallest absolute Gasteiger partial charge is 0.225 e. The van der Waals surface area contributed by atoms with E-state index in [2.05, 4.69) is 0 Å². The fourth-order valence-corrected chi connectivity index (χ4v) is 2.58. The van der Waals surface area contributed by atoms with Crippen LogP contribution in [0.15, 0.2) is 0 Å². The Morgan fingerprint density at radius 3 is 2.50 bits per heavy atom. The van der Waals surface area contributed by atoms with Crippen LogP contribution in [0.3, 0.4) is 0 Å². The van der Waals surface area contributed by atoms with Crippen molar-refractivity contribution in [2.75, 3.05) is 13.1 Å². The molecule has 1 N–H and O–H groups in total. The first-order chi connectivity index (χ1) is 6.77. The highest BCUT2D eigenvalue weighted by Crippen LogP contribution is 2.27. The molecule has 2 unspecified atom stereocenters. The van der Waals surface area contributed by atoms with Gasteiger partial charge in [0, 0.05) is 19.0 Å². The summed E-state index contributed by atoms with van der Waals surface area (Å²) in [6, 6.07) is 0. The number of amides is 1. The van der Waals surface area contributed by atoms with Crippen molar-refractivity contribution < 1.29 is 9.90 Å². The van der Waals surface area contributed by atoms with Crippen LogP contribution in [-0.2, 0) is 4.79 Å². The van der Waals surface area contributed by atoms with Crippen molar-refractivity contribution in [3.05, 3.63) is 0 Å². The average molecular weight is 197 g/mol. The first-order valence-electron chi connectivity index (χ1n) is 5.74. The minimum absolute atomic E-state index is 0.108. The van der Waals surface area contributed by atoms with Gasteiger partial charge < -0.3 is 10.0 Å². The van der Waals surface area contributed by atoms with E-state index in [0.717, 1.165) is 45.2 Å². The fraction of sp³-hybridized carbons (Fsp3) is 0.909. The molecule has 1 saturated carbocycles. The summed E-state index contributed by atoms with van der Waals surface area (Å²) < 4.78 is 0. The third-order valence-electron chi connectivity index (χ3n) is 3.41. The summed E-state index contributed by atoms with van der Waals surface area (Å²) in [6.45, 7) is 1.87. The summed E-state index contributed by atoms with van der Waals surface area (Å²) in [5, 5.41) is 9.50. The Balaban J connectivity index is 1.89. The summed E-state index contributed by atoms with van der Waals surface area (Å²) >= 11 is 0. The third-order valence-corrected chi connectivity index (χ3v) is 3.41. The number of likely N-dealkylation sites (tertiary alicyclic amines) is 1. The fourth-order valence-electron chi connectivity index (χ4n) is 2.58. The highest BCUT2D eigenvalue weighted by atomic mass is 16.3. The van der Waals surface area contributed by atoms with Crippen molar-refractivity contribution in [3.8, 4) is 0 Å². The standard InChI is InChI=1S/C11H19NO2/c13-10-5-3-4-9(8-10)11(14)12-6-1-2-7-12/h9-10,13H,1-8H2. The van der Waals surface area contributed by atoms with E-state index in [1.165, 1.54) is 0 Å². The van der Waals surface area contributed by atoms with Crippen LogP contribution in [0.5, 0.6) is 0 Å². The maximum atomic E-state index is 12.0. The summed E-state index contributed by atoms with van der Waals surface area (Å²) in [4.78, 5) is 13.9. The highest BCUT2D eigenvalue weighted by molar-refractivity contribution is 5.79. The highest BCUT2D eigenvalue weighted by Gasteiger charge is 2.30. The lowest BCUT2D eigenvalue weighted by Crippen LogP contribution is -2.37. The van der Waals surface area contributed by atoms with Crippen molar-refractivity contribution >= 4 is 5.91 Å². The van der Waals surface area contributed by atoms with Gasteiger partial charge in [0.2, 0.25) is 5.91 Å². The minimum atomic E-state index is -0.236. The van der Waals surface area contributed by atoms with E-state index in [4.69, 9.17) is 0 Å². The van der Waals surface area contributed by atoms with E-state index in [9.17, 15) is 9.90 Å². The van der Waals surface area contributed by atoms with Crippen LogP contribution in [0.4, 0.5) is 0 Å². The molecule has 0 aromatic rings. The predicted molar refractivity (Wildman–Crippen MR) is 53.8 cm³/mol. The quantitative estimate of drug-likeness (QED) is 0.685. The van der Waals surface area contributed by atoms with Gasteiger partial charge in [-0.25, -0.2) is 0 Å². The molecule has 2 rings (SSSR count). The van der Waals surface area contributed by atoms with Crippen molar-refractivity contribution in [3.63, 3.8) is 0 Å². The Morgan fingerprint density at radius 1 is 1.14 bits per heavy atom. The molecule has 0 aromatic heterocycles. The number of hydrogen-bond donors (Lipinski definition) is 1. The summed E-state index contributed by atoms with van der Waals surface area (Å²) in [7, 11) is 0. The van der Waals surface area contributed by atoms with Crippen LogP contribution < -0.4 is 0 Å². The Hall–Kier alpha value is -0.570. The lowest BCUT2D eigenvalue weighted by atomic mass is 9.86. The number of hydrogen-bond acceptors (Lipinski definition) is 2. The molecule has 1 aliphatic carbocycles. The van der Waals surface area contributed by atoms with Crippen LogP contribution in [0.25, 0.3) is 0 Å². The second-order valence-electron chi connectivity index (χ2n) is 4.55. The zero-order valence-corrected chi connectivity index (χ0v) is 8.61. The van der Waals surface area contributed by atoms with Crippen LogP contribution in [0.2, 0.25) is 0 Å². The number of rotatable bonds is 1. The number of aliphatic hydroxyl groups is 1. The van der Waals surface area contributed by atoms with E-state index in [0.29, 0.717) is 12.3 Å². The first-order valence-corrected chi connectivity index (χ1v) is 5.74. The van der Waals surface area contributed by atoms with Crippen LogP contribution in [0, 0.1) is 5.92 Å². The third kappa shape index (κ3) is 2.08. The van der Waals surface area contributed by atoms with Crippen LogP contribution in [0.1, 0.15) is 38.5 Å². The zero-order valence-electron chi connectivity index (χ0n) is 8.61. The first kappa shape index (κ1) is 9.97. The molecule has 2 atom stereocenters. The van der Waals surface area contributed by atoms with Crippen molar-refractivity contribution in [1.29, 1.82) is 0 Å². The number of nitrogens with zero attached hydrogens (tertiary/aromatic N) is 1. The van der Waals surface area contributed by atoms with Crippen molar-refractivity contribution in [2.45, 2.75) is 44.6 Å². The molecule has 2 fully saturated rings. The molecule has 1 heterocycles. The molecule has 0 spiro atoms. The predicted octanol–water partition coefficient (Wildman–Crippen LogP) is 1.16. The van der Waals surface area contributed by atoms with Crippen molar-refractivity contribution in [2.24, 2.45) is 5.92 Å². The van der Waals surface area contributed by atoms with Gasteiger partial charge >= 0.3 is 0 Å². The van der Waals surface area contributed by atoms with Crippen molar-refractivity contribution in [1.82, 2.24) is 4.90 Å². The molecule has 0 aromatic carbocycles. The summed E-state index contributed by atoms with van der Waals surface area (Å²) in [5.41, 5.74) is 0. The number of aliphatic hydroxyl groups excluding tert-OH is 1. The van der Waals surface area contributed by atoms with Gasteiger partial charge in [-0.05, 0) is 32.1 Å². The van der Waals surface area contributed by atoms with Crippen LogP contribution in [-0.4, -0.2) is 35.1 Å². The molecule has 0 radical (unpaired) electrons. The van der Waals surface area contributed by atoms with Gasteiger partial charge in [0.05, 0.1) is 6.10 Å². The molecule has 1 amide bonds. The topological polar surface area (TPSA) is 40.5 Å². The lowest BCUT2D eigenvalue weighted by Gasteiger charge is -2.28. The molecular weight excluding hydrogens is 178 g/mol. The molecule has 80 valence electrons. The Bertz CT molecular complexity index is 211. The Morgan fingerprint density at radius 2 is 1.86 bits per heavy atom. The zero-order chi connectivity index (χ0) is 9.97. The molecule has 3 heteroatoms. The number of carbonyl (C=O) groups excluding carboxylic acids is 1. The van der Waals surface area contributed by atoms with Gasteiger partial charge in [0.25, 0.3) is 0 Å². The molecule has 0 bridgehead atoms. The molecule has 3 nitrogen and oxygen atoms in total. The normalized spacial score (nSPS) is 33.4. The van der Waals surface area contributed by atoms with Gasteiger partial charge in [0.15, 0.2) is 0 Å². The lowest BCUT2D eigenvalue weighted by molar-refractivity contribution is -0.136. The Labute approximate surface area is 85.1 Å². The van der Waals surface area contributed by atoms with Gasteiger partial charge in [-0.15, -0.1) is 0 Å². The monoisotopic (exact) mass is 197 g/mol. The minimum Gasteiger partial charge on any atom is -0.393 e. The summed E-state index contributed by atoms with van der Waals surface area (Å²) in [6.07, 6.45) is 5.62. The molecule has 1 aliphatic heterocycles. The maximum Gasteiger partial charge on any atom is 0.225 e. The largest absolute Gasteiger partial charge is 0.393 e. The Kier molecular flexibility index (Phi) is 3.06. The summed E-state index contributed by atoms with van der Waals surface area (Å²) in [5.74, 6) is 0.401. The van der Waals surface area contributed by atoms with E-state index < -0.39 is 0 Å². The SMILES string of the molecule is O=C(C1CCCC(O)C1)N1CCCC1. The molecule has 14 heavy (non-hydrogen) atoms. The van der Waals surface area contributed by atoms with Crippen LogP contribution >= 0.6 is 0 Å².